The van der Waals surface area contributed by atoms with E-state index in [2.05, 4.69) is 20.8 Å². The van der Waals surface area contributed by atoms with Crippen LogP contribution in [0, 0.1) is 28.6 Å². The molecule has 4 aliphatic carbocycles. The van der Waals surface area contributed by atoms with Crippen LogP contribution in [0.5, 0.6) is 0 Å². The molecule has 3 fully saturated rings. The molecule has 5 heteroatoms. The van der Waals surface area contributed by atoms with Gasteiger partial charge in [-0.3, -0.25) is 4.79 Å². The summed E-state index contributed by atoms with van der Waals surface area (Å²) in [4.78, 5) is 38.4. The molecule has 0 N–H and O–H groups in total. The van der Waals surface area contributed by atoms with E-state index in [1.54, 1.807) is 45.9 Å². The minimum atomic E-state index is -0.510. The predicted octanol–water partition coefficient (Wildman–Crippen LogP) is 4.57. The van der Waals surface area contributed by atoms with Gasteiger partial charge in [0.15, 0.2) is 5.78 Å². The van der Waals surface area contributed by atoms with Gasteiger partial charge in [0.2, 0.25) is 0 Å². The largest absolute Gasteiger partial charge is 0.458 e. The molecule has 0 aromatic carbocycles. The lowest BCUT2D eigenvalue weighted by atomic mass is 9.37. The van der Waals surface area contributed by atoms with E-state index in [1.165, 1.54) is 0 Å². The first-order chi connectivity index (χ1) is 13.9. The molecule has 3 saturated carbocycles. The third kappa shape index (κ3) is 3.09. The van der Waals surface area contributed by atoms with E-state index in [9.17, 15) is 14.4 Å². The number of hydrogen-bond acceptors (Lipinski definition) is 5. The van der Waals surface area contributed by atoms with E-state index >= 15 is 0 Å². The van der Waals surface area contributed by atoms with Gasteiger partial charge in [-0.1, -0.05) is 38.5 Å². The van der Waals surface area contributed by atoms with Gasteiger partial charge in [0.25, 0.3) is 0 Å². The second-order valence-electron chi connectivity index (χ2n) is 9.93. The van der Waals surface area contributed by atoms with Crippen molar-refractivity contribution in [1.82, 2.24) is 0 Å². The molecule has 6 atom stereocenters. The second kappa shape index (κ2) is 7.51. The van der Waals surface area contributed by atoms with Crippen LogP contribution >= 0.6 is 0 Å². The highest BCUT2D eigenvalue weighted by atomic mass is 16.6. The van der Waals surface area contributed by atoms with Crippen LogP contribution in [0.4, 0.5) is 0 Å². The molecule has 164 valence electrons. The molecular formula is C25H34O5. The highest BCUT2D eigenvalue weighted by Crippen LogP contribution is 2.72. The zero-order chi connectivity index (χ0) is 22.6. The number of esters is 2. The number of ether oxygens (including phenoxy) is 2. The molecule has 5 nitrogen and oxygen atoms in total. The van der Waals surface area contributed by atoms with Gasteiger partial charge < -0.3 is 9.47 Å². The highest BCUT2D eigenvalue weighted by molar-refractivity contribution is 5.97. The number of rotatable bonds is 4. The van der Waals surface area contributed by atoms with Gasteiger partial charge >= 0.3 is 11.9 Å². The van der Waals surface area contributed by atoms with Crippen molar-refractivity contribution in [2.24, 2.45) is 28.6 Å². The Kier molecular flexibility index (Phi) is 5.63. The average molecular weight is 415 g/mol. The van der Waals surface area contributed by atoms with Crippen LogP contribution in [0.2, 0.25) is 0 Å². The zero-order valence-electron chi connectivity index (χ0n) is 19.4. The summed E-state index contributed by atoms with van der Waals surface area (Å²) in [5.74, 6) is -0.722. The molecule has 0 radical (unpaired) electrons. The van der Waals surface area contributed by atoms with Crippen LogP contribution in [0.1, 0.15) is 61.8 Å². The summed E-state index contributed by atoms with van der Waals surface area (Å²) < 4.78 is 12.0. The first kappa shape index (κ1) is 22.5. The first-order valence-corrected chi connectivity index (χ1v) is 10.8. The average Bonchev–Trinajstić information content (AvgIpc) is 2.78. The fraction of sp³-hybridized carbons (Fsp3) is 0.640. The molecular weight excluding hydrogens is 380 g/mol. The Morgan fingerprint density at radius 3 is 1.93 bits per heavy atom. The summed E-state index contributed by atoms with van der Waals surface area (Å²) >= 11 is 0. The predicted molar refractivity (Wildman–Crippen MR) is 114 cm³/mol. The molecule has 0 aromatic rings. The quantitative estimate of drug-likeness (QED) is 0.498. The molecule has 4 bridgehead atoms. The Morgan fingerprint density at radius 2 is 1.47 bits per heavy atom. The van der Waals surface area contributed by atoms with E-state index < -0.39 is 23.0 Å². The van der Waals surface area contributed by atoms with Gasteiger partial charge in [0.1, 0.15) is 12.2 Å². The van der Waals surface area contributed by atoms with E-state index in [4.69, 9.17) is 9.47 Å². The zero-order valence-corrected chi connectivity index (χ0v) is 19.4. The maximum Gasteiger partial charge on any atom is 0.333 e. The molecule has 0 heterocycles. The fourth-order valence-electron chi connectivity index (χ4n) is 5.98. The van der Waals surface area contributed by atoms with Crippen LogP contribution in [-0.2, 0) is 23.9 Å². The minimum absolute atomic E-state index is 0.0511. The molecule has 0 spiro atoms. The Bertz CT molecular complexity index is 874. The van der Waals surface area contributed by atoms with Gasteiger partial charge in [-0.2, -0.15) is 0 Å². The number of fused-ring (bicyclic) bond motifs is 3. The van der Waals surface area contributed by atoms with E-state index in [-0.39, 0.29) is 35.5 Å². The molecule has 30 heavy (non-hydrogen) atoms. The topological polar surface area (TPSA) is 69.7 Å². The number of ketones is 1. The van der Waals surface area contributed by atoms with Crippen LogP contribution in [0.3, 0.4) is 0 Å². The maximum atomic E-state index is 13.1. The van der Waals surface area contributed by atoms with E-state index in [1.807, 2.05) is 6.92 Å². The molecule has 0 aromatic heterocycles. The summed E-state index contributed by atoms with van der Waals surface area (Å²) in [6.07, 6.45) is 4.62. The monoisotopic (exact) mass is 414 g/mol. The van der Waals surface area contributed by atoms with Crippen LogP contribution < -0.4 is 0 Å². The highest BCUT2D eigenvalue weighted by Gasteiger charge is 2.74. The number of allylic oxidation sites excluding steroid dienone is 4. The Hall–Kier alpha value is -2.17. The number of carbonyl (C=O) groups is 3. The molecule has 6 unspecified atom stereocenters. The molecule has 0 amide bonds. The number of carbonyl (C=O) groups excluding carboxylic acids is 3. The summed E-state index contributed by atoms with van der Waals surface area (Å²) in [6.45, 7) is 15.3. The van der Waals surface area contributed by atoms with Crippen LogP contribution in [0.15, 0.2) is 34.9 Å². The Balaban J connectivity index is 2.06. The summed E-state index contributed by atoms with van der Waals surface area (Å²) in [7, 11) is 0. The lowest BCUT2D eigenvalue weighted by Gasteiger charge is -2.65. The summed E-state index contributed by atoms with van der Waals surface area (Å²) in [5, 5.41) is 0. The molecule has 4 rings (SSSR count). The van der Waals surface area contributed by atoms with Gasteiger partial charge in [-0.25, -0.2) is 9.59 Å². The van der Waals surface area contributed by atoms with Crippen LogP contribution in [0.25, 0.3) is 0 Å². The number of hydrogen-bond donors (Lipinski definition) is 0. The standard InChI is InChI=1S/C25H34O5/c1-9-13(3)22(27)29-17-12-18(30-23(28)14(4)10-2)25(8)19-15(5)11-16(26)20(25)21(19)24(17,6)7/h9-11,17-21H,12H2,1-8H3. The van der Waals surface area contributed by atoms with Crippen molar-refractivity contribution in [3.8, 4) is 0 Å². The van der Waals surface area contributed by atoms with Crippen molar-refractivity contribution >= 4 is 17.7 Å². The Morgan fingerprint density at radius 1 is 0.967 bits per heavy atom. The third-order valence-corrected chi connectivity index (χ3v) is 8.04. The minimum Gasteiger partial charge on any atom is -0.458 e. The van der Waals surface area contributed by atoms with Crippen molar-refractivity contribution in [2.45, 2.75) is 74.0 Å². The van der Waals surface area contributed by atoms with Crippen molar-refractivity contribution in [3.63, 3.8) is 0 Å². The molecule has 0 saturated heterocycles. The smallest absolute Gasteiger partial charge is 0.333 e. The van der Waals surface area contributed by atoms with Gasteiger partial charge in [0, 0.05) is 34.3 Å². The summed E-state index contributed by atoms with van der Waals surface area (Å²) in [6, 6.07) is 0. The molecule has 4 aliphatic rings. The van der Waals surface area contributed by atoms with Gasteiger partial charge in [-0.15, -0.1) is 0 Å². The van der Waals surface area contributed by atoms with Crippen LogP contribution in [-0.4, -0.2) is 29.9 Å². The third-order valence-electron chi connectivity index (χ3n) is 8.04. The summed E-state index contributed by atoms with van der Waals surface area (Å²) in [5.41, 5.74) is 1.18. The maximum absolute atomic E-state index is 13.1. The lowest BCUT2D eigenvalue weighted by molar-refractivity contribution is -0.202. The fourth-order valence-corrected chi connectivity index (χ4v) is 5.98. The normalized spacial score (nSPS) is 37.5. The van der Waals surface area contributed by atoms with Gasteiger partial charge in [0.05, 0.1) is 0 Å². The SMILES string of the molecule is CC=C(C)C(=O)OC1CC(OC(=O)C(C)=CC)C2(C)C3C(=O)C=C(C)C2C3C1(C)C. The molecule has 0 aliphatic heterocycles. The van der Waals surface area contributed by atoms with Gasteiger partial charge in [-0.05, 0) is 52.5 Å². The van der Waals surface area contributed by atoms with E-state index in [0.29, 0.717) is 17.6 Å². The van der Waals surface area contributed by atoms with Crippen molar-refractivity contribution in [3.05, 3.63) is 34.9 Å². The van der Waals surface area contributed by atoms with Crippen molar-refractivity contribution in [1.29, 1.82) is 0 Å². The van der Waals surface area contributed by atoms with Crippen molar-refractivity contribution in [2.75, 3.05) is 0 Å². The second-order valence-corrected chi connectivity index (χ2v) is 9.93. The van der Waals surface area contributed by atoms with Crippen molar-refractivity contribution < 1.29 is 23.9 Å². The lowest BCUT2D eigenvalue weighted by Crippen LogP contribution is -2.67. The first-order valence-electron chi connectivity index (χ1n) is 10.8. The van der Waals surface area contributed by atoms with E-state index in [0.717, 1.165) is 5.57 Å². The Labute approximate surface area is 179 Å².